The Hall–Kier alpha value is -3.57. The number of ether oxygens (including phenoxy) is 3. The van der Waals surface area contributed by atoms with Crippen LogP contribution in [0.15, 0.2) is 47.5 Å². The van der Waals surface area contributed by atoms with Crippen molar-refractivity contribution in [2.24, 2.45) is 5.92 Å². The van der Waals surface area contributed by atoms with Crippen LogP contribution < -0.4 is 15.6 Å². The Morgan fingerprint density at radius 1 is 1.26 bits per heavy atom. The van der Waals surface area contributed by atoms with Crippen LogP contribution in [0.1, 0.15) is 52.1 Å². The second kappa shape index (κ2) is 10.3. The van der Waals surface area contributed by atoms with Crippen molar-refractivity contribution in [3.8, 4) is 11.6 Å². The van der Waals surface area contributed by atoms with Crippen molar-refractivity contribution in [2.75, 3.05) is 11.9 Å². The van der Waals surface area contributed by atoms with Crippen LogP contribution in [0.4, 0.5) is 5.82 Å². The van der Waals surface area contributed by atoms with Gasteiger partial charge >= 0.3 is 0 Å². The Balaban J connectivity index is 1.35. The maximum Gasteiger partial charge on any atom is 0.271 e. The van der Waals surface area contributed by atoms with Crippen molar-refractivity contribution < 1.29 is 19.0 Å². The summed E-state index contributed by atoms with van der Waals surface area (Å²) in [5.74, 6) is 0.0320. The second-order valence-electron chi connectivity index (χ2n) is 10.6. The SMILES string of the molecule is Cc1cccc(Oc2cnn(C(C)(C(=O)Nc3ccn(C[C@@H]4COC(C)(C)O4)n3)C3CCCC3)c(=O)c2)n1. The van der Waals surface area contributed by atoms with Gasteiger partial charge in [0.25, 0.3) is 11.5 Å². The molecule has 1 aliphatic heterocycles. The van der Waals surface area contributed by atoms with Crippen LogP contribution in [0.3, 0.4) is 0 Å². The zero-order valence-electron chi connectivity index (χ0n) is 22.2. The topological polar surface area (TPSA) is 122 Å². The smallest absolute Gasteiger partial charge is 0.271 e. The van der Waals surface area contributed by atoms with E-state index < -0.39 is 16.9 Å². The summed E-state index contributed by atoms with van der Waals surface area (Å²) in [7, 11) is 0. The highest BCUT2D eigenvalue weighted by Crippen LogP contribution is 2.39. The van der Waals surface area contributed by atoms with E-state index in [1.807, 2.05) is 32.9 Å². The van der Waals surface area contributed by atoms with Gasteiger partial charge in [0.05, 0.1) is 19.3 Å². The molecule has 2 atom stereocenters. The summed E-state index contributed by atoms with van der Waals surface area (Å²) >= 11 is 0. The monoisotopic (exact) mass is 522 g/mol. The molecular formula is C27H34N6O5. The van der Waals surface area contributed by atoms with Crippen molar-refractivity contribution in [1.29, 1.82) is 0 Å². The molecule has 1 N–H and O–H groups in total. The largest absolute Gasteiger partial charge is 0.437 e. The molecule has 38 heavy (non-hydrogen) atoms. The Bertz CT molecular complexity index is 1360. The Kier molecular flexibility index (Phi) is 7.06. The summed E-state index contributed by atoms with van der Waals surface area (Å²) in [5.41, 5.74) is -0.833. The highest BCUT2D eigenvalue weighted by atomic mass is 16.7. The molecular weight excluding hydrogens is 488 g/mol. The Morgan fingerprint density at radius 3 is 2.74 bits per heavy atom. The summed E-state index contributed by atoms with van der Waals surface area (Å²) in [4.78, 5) is 31.4. The number of pyridine rings is 1. The van der Waals surface area contributed by atoms with Crippen molar-refractivity contribution in [3.63, 3.8) is 0 Å². The lowest BCUT2D eigenvalue weighted by molar-refractivity contribution is -0.139. The van der Waals surface area contributed by atoms with Gasteiger partial charge in [0, 0.05) is 30.1 Å². The second-order valence-corrected chi connectivity index (χ2v) is 10.6. The molecule has 0 spiro atoms. The van der Waals surface area contributed by atoms with Crippen LogP contribution in [0.2, 0.25) is 0 Å². The van der Waals surface area contributed by atoms with Crippen LogP contribution in [0, 0.1) is 12.8 Å². The van der Waals surface area contributed by atoms with Gasteiger partial charge in [-0.15, -0.1) is 0 Å². The van der Waals surface area contributed by atoms with E-state index in [2.05, 4.69) is 20.5 Å². The van der Waals surface area contributed by atoms with E-state index in [9.17, 15) is 9.59 Å². The Morgan fingerprint density at radius 2 is 2.05 bits per heavy atom. The van der Waals surface area contributed by atoms with Crippen molar-refractivity contribution in [1.82, 2.24) is 24.5 Å². The van der Waals surface area contributed by atoms with Crippen molar-refractivity contribution in [2.45, 2.75) is 77.4 Å². The van der Waals surface area contributed by atoms with Crippen LogP contribution in [-0.2, 0) is 26.4 Å². The molecule has 3 aromatic heterocycles. The van der Waals surface area contributed by atoms with Gasteiger partial charge in [-0.05, 0) is 52.5 Å². The van der Waals surface area contributed by atoms with E-state index in [0.717, 1.165) is 31.4 Å². The van der Waals surface area contributed by atoms with E-state index in [0.29, 0.717) is 24.8 Å². The number of nitrogens with zero attached hydrogens (tertiary/aromatic N) is 5. The number of anilines is 1. The number of nitrogens with one attached hydrogen (secondary N) is 1. The number of aryl methyl sites for hydroxylation is 1. The molecule has 0 aromatic carbocycles. The van der Waals surface area contributed by atoms with Gasteiger partial charge in [-0.1, -0.05) is 18.9 Å². The zero-order chi connectivity index (χ0) is 26.9. The predicted molar refractivity (Wildman–Crippen MR) is 139 cm³/mol. The van der Waals surface area contributed by atoms with Crippen molar-refractivity contribution >= 4 is 11.7 Å². The van der Waals surface area contributed by atoms with Gasteiger partial charge in [-0.25, -0.2) is 9.67 Å². The van der Waals surface area contributed by atoms with Crippen LogP contribution >= 0.6 is 0 Å². The minimum absolute atomic E-state index is 0.0498. The molecule has 5 rings (SSSR count). The highest BCUT2D eigenvalue weighted by Gasteiger charge is 2.46. The van der Waals surface area contributed by atoms with E-state index in [1.54, 1.807) is 29.9 Å². The molecule has 11 nitrogen and oxygen atoms in total. The number of aromatic nitrogens is 5. The average Bonchev–Trinajstić information content (AvgIpc) is 3.61. The fourth-order valence-electron chi connectivity index (χ4n) is 5.27. The molecule has 1 saturated carbocycles. The molecule has 2 aliphatic rings. The first-order valence-corrected chi connectivity index (χ1v) is 13.0. The molecule has 1 aliphatic carbocycles. The molecule has 0 bridgehead atoms. The number of carbonyl (C=O) groups excluding carboxylic acids is 1. The molecule has 1 saturated heterocycles. The summed E-state index contributed by atoms with van der Waals surface area (Å²) in [6, 6.07) is 8.47. The molecule has 202 valence electrons. The third-order valence-electron chi connectivity index (χ3n) is 7.25. The standard InChI is InChI=1S/C27H34N6O5/c1-18-8-7-11-23(29-18)37-20-14-24(34)33(28-15-20)27(4,19-9-5-6-10-19)25(35)30-22-12-13-32(31-22)16-21-17-36-26(2,3)38-21/h7-8,11-15,19,21H,5-6,9-10,16-17H2,1-4H3,(H,30,31,35)/t21-,27?/m1/s1. The van der Waals surface area contributed by atoms with Crippen LogP contribution in [-0.4, -0.2) is 49.0 Å². The van der Waals surface area contributed by atoms with Gasteiger partial charge in [0.2, 0.25) is 5.88 Å². The summed E-state index contributed by atoms with van der Waals surface area (Å²) in [5, 5.41) is 11.8. The lowest BCUT2D eigenvalue weighted by Gasteiger charge is -2.34. The maximum atomic E-state index is 13.8. The third kappa shape index (κ3) is 5.48. The molecule has 4 heterocycles. The summed E-state index contributed by atoms with van der Waals surface area (Å²) in [6.45, 7) is 8.35. The number of amides is 1. The van der Waals surface area contributed by atoms with Gasteiger partial charge in [0.15, 0.2) is 17.4 Å². The fourth-order valence-corrected chi connectivity index (χ4v) is 5.27. The first kappa shape index (κ1) is 26.1. The predicted octanol–water partition coefficient (Wildman–Crippen LogP) is 3.63. The Labute approximate surface area is 221 Å². The average molecular weight is 523 g/mol. The quantitative estimate of drug-likeness (QED) is 0.476. The number of hydrogen-bond donors (Lipinski definition) is 1. The summed E-state index contributed by atoms with van der Waals surface area (Å²) < 4.78 is 20.2. The zero-order valence-corrected chi connectivity index (χ0v) is 22.2. The van der Waals surface area contributed by atoms with E-state index in [1.165, 1.54) is 16.9 Å². The lowest BCUT2D eigenvalue weighted by Crippen LogP contribution is -2.53. The van der Waals surface area contributed by atoms with Crippen molar-refractivity contribution in [3.05, 3.63) is 58.8 Å². The molecule has 3 aromatic rings. The van der Waals surface area contributed by atoms with Gasteiger partial charge in [-0.3, -0.25) is 14.3 Å². The van der Waals surface area contributed by atoms with E-state index in [-0.39, 0.29) is 23.7 Å². The first-order chi connectivity index (χ1) is 18.1. The van der Waals surface area contributed by atoms with Gasteiger partial charge < -0.3 is 19.5 Å². The fraction of sp³-hybridized carbons (Fsp3) is 0.519. The minimum atomic E-state index is -1.20. The number of rotatable bonds is 8. The normalized spacial score (nSPS) is 20.8. The van der Waals surface area contributed by atoms with Crippen LogP contribution in [0.5, 0.6) is 11.6 Å². The van der Waals surface area contributed by atoms with Gasteiger partial charge in [0.1, 0.15) is 11.6 Å². The number of carbonyl (C=O) groups is 1. The minimum Gasteiger partial charge on any atom is -0.437 e. The lowest BCUT2D eigenvalue weighted by atomic mass is 9.83. The van der Waals surface area contributed by atoms with E-state index >= 15 is 0 Å². The molecule has 2 fully saturated rings. The van der Waals surface area contributed by atoms with Crippen LogP contribution in [0.25, 0.3) is 0 Å². The third-order valence-corrected chi connectivity index (χ3v) is 7.25. The van der Waals surface area contributed by atoms with Gasteiger partial charge in [-0.2, -0.15) is 10.2 Å². The number of hydrogen-bond acceptors (Lipinski definition) is 8. The first-order valence-electron chi connectivity index (χ1n) is 13.0. The molecule has 1 amide bonds. The molecule has 11 heteroatoms. The van der Waals surface area contributed by atoms with E-state index in [4.69, 9.17) is 14.2 Å². The molecule has 0 radical (unpaired) electrons. The maximum absolute atomic E-state index is 13.8. The molecule has 1 unspecified atom stereocenters. The highest BCUT2D eigenvalue weighted by molar-refractivity contribution is 5.95. The summed E-state index contributed by atoms with van der Waals surface area (Å²) in [6.07, 6.45) is 6.75.